The zero-order valence-electron chi connectivity index (χ0n) is 15.3. The number of rotatable bonds is 0. The molecule has 7 atom stereocenters. The molecule has 3 heterocycles. The molecule has 138 valence electrons. The number of epoxide rings is 2. The van der Waals surface area contributed by atoms with Crippen molar-refractivity contribution >= 4 is 5.97 Å². The van der Waals surface area contributed by atoms with Crippen molar-refractivity contribution in [3.63, 3.8) is 0 Å². The van der Waals surface area contributed by atoms with Crippen molar-refractivity contribution in [3.8, 4) is 0 Å². The molecule has 3 fully saturated rings. The summed E-state index contributed by atoms with van der Waals surface area (Å²) in [5, 5.41) is 10.9. The number of aliphatic hydroxyl groups excluding tert-OH is 1. The van der Waals surface area contributed by atoms with Crippen LogP contribution in [-0.4, -0.2) is 46.7 Å². The van der Waals surface area contributed by atoms with Crippen LogP contribution >= 0.6 is 0 Å². The fourth-order valence-corrected chi connectivity index (χ4v) is 4.50. The monoisotopic (exact) mass is 348 g/mol. The lowest BCUT2D eigenvalue weighted by atomic mass is 9.81. The summed E-state index contributed by atoms with van der Waals surface area (Å²) in [6, 6.07) is 0. The zero-order chi connectivity index (χ0) is 18.0. The number of hydrogen-bond acceptors (Lipinski definition) is 5. The molecule has 3 aliphatic heterocycles. The minimum Gasteiger partial charge on any atom is -0.455 e. The minimum atomic E-state index is -0.845. The summed E-state index contributed by atoms with van der Waals surface area (Å²) in [6.07, 6.45) is 5.38. The maximum Gasteiger partial charge on any atom is 0.334 e. The Morgan fingerprint density at radius 2 is 2.04 bits per heavy atom. The lowest BCUT2D eigenvalue weighted by Crippen LogP contribution is -2.43. The predicted molar refractivity (Wildman–Crippen MR) is 91.9 cm³/mol. The van der Waals surface area contributed by atoms with Crippen LogP contribution in [-0.2, 0) is 19.0 Å². The summed E-state index contributed by atoms with van der Waals surface area (Å²) in [4.78, 5) is 12.1. The van der Waals surface area contributed by atoms with E-state index in [1.165, 1.54) is 5.57 Å². The Labute approximate surface area is 149 Å². The average molecular weight is 348 g/mol. The summed E-state index contributed by atoms with van der Waals surface area (Å²) in [5.41, 5.74) is 1.01. The van der Waals surface area contributed by atoms with Gasteiger partial charge in [0, 0.05) is 11.5 Å². The van der Waals surface area contributed by atoms with E-state index in [1.807, 2.05) is 6.92 Å². The maximum absolute atomic E-state index is 12.1. The lowest BCUT2D eigenvalue weighted by Gasteiger charge is -2.26. The lowest BCUT2D eigenvalue weighted by molar-refractivity contribution is -0.146. The van der Waals surface area contributed by atoms with Crippen LogP contribution in [0.5, 0.6) is 0 Å². The number of hydrogen-bond donors (Lipinski definition) is 1. The standard InChI is InChI=1S/C20H28O5/c1-11-6-5-9-19(3)15(24-19)10-13-12(2)18(22)23-16(13)17(21)20(4)14(25-20)8-7-11/h6,13-17,21H,2,5,7-10H2,1,3-4H3. The van der Waals surface area contributed by atoms with Gasteiger partial charge in [0.05, 0.1) is 17.8 Å². The second-order valence-electron chi connectivity index (χ2n) is 8.52. The molecule has 0 saturated carbocycles. The van der Waals surface area contributed by atoms with Gasteiger partial charge in [-0.05, 0) is 52.9 Å². The van der Waals surface area contributed by atoms with Crippen molar-refractivity contribution in [2.45, 2.75) is 88.5 Å². The number of fused-ring (bicyclic) bond motifs is 3. The number of ether oxygens (including phenoxy) is 3. The average Bonchev–Trinajstić information content (AvgIpc) is 3.39. The van der Waals surface area contributed by atoms with Gasteiger partial charge in [-0.2, -0.15) is 0 Å². The molecule has 3 saturated heterocycles. The molecule has 7 unspecified atom stereocenters. The molecule has 25 heavy (non-hydrogen) atoms. The van der Waals surface area contributed by atoms with Crippen LogP contribution in [0.25, 0.3) is 0 Å². The second-order valence-corrected chi connectivity index (χ2v) is 8.52. The number of carbonyl (C=O) groups excluding carboxylic acids is 1. The fourth-order valence-electron chi connectivity index (χ4n) is 4.50. The van der Waals surface area contributed by atoms with Crippen molar-refractivity contribution in [2.24, 2.45) is 5.92 Å². The largest absolute Gasteiger partial charge is 0.455 e. The van der Waals surface area contributed by atoms with Crippen LogP contribution < -0.4 is 0 Å². The first kappa shape index (κ1) is 17.3. The third-order valence-corrected chi connectivity index (χ3v) is 6.66. The van der Waals surface area contributed by atoms with Crippen molar-refractivity contribution in [3.05, 3.63) is 23.8 Å². The maximum atomic E-state index is 12.1. The van der Waals surface area contributed by atoms with E-state index < -0.39 is 23.8 Å². The van der Waals surface area contributed by atoms with Crippen LogP contribution in [0.2, 0.25) is 0 Å². The molecule has 0 aromatic carbocycles. The van der Waals surface area contributed by atoms with Gasteiger partial charge in [-0.25, -0.2) is 4.79 Å². The van der Waals surface area contributed by atoms with Crippen LogP contribution in [0.1, 0.15) is 52.9 Å². The Morgan fingerprint density at radius 1 is 1.28 bits per heavy atom. The molecule has 5 heteroatoms. The Bertz CT molecular complexity index is 640. The quantitative estimate of drug-likeness (QED) is 0.315. The third-order valence-electron chi connectivity index (χ3n) is 6.66. The van der Waals surface area contributed by atoms with Crippen LogP contribution in [0.15, 0.2) is 23.8 Å². The third kappa shape index (κ3) is 2.86. The van der Waals surface area contributed by atoms with E-state index in [9.17, 15) is 9.90 Å². The summed E-state index contributed by atoms with van der Waals surface area (Å²) in [6.45, 7) is 10.1. The molecule has 1 aliphatic carbocycles. The highest BCUT2D eigenvalue weighted by molar-refractivity contribution is 5.90. The minimum absolute atomic E-state index is 0.00412. The molecule has 0 aromatic heterocycles. The van der Waals surface area contributed by atoms with Gasteiger partial charge < -0.3 is 19.3 Å². The molecule has 0 radical (unpaired) electrons. The molecular formula is C20H28O5. The van der Waals surface area contributed by atoms with Gasteiger partial charge >= 0.3 is 5.97 Å². The van der Waals surface area contributed by atoms with E-state index in [0.29, 0.717) is 12.0 Å². The van der Waals surface area contributed by atoms with Crippen molar-refractivity contribution in [1.29, 1.82) is 0 Å². The topological polar surface area (TPSA) is 71.6 Å². The van der Waals surface area contributed by atoms with Crippen LogP contribution in [0.3, 0.4) is 0 Å². The van der Waals surface area contributed by atoms with E-state index >= 15 is 0 Å². The number of aliphatic hydroxyl groups is 1. The fraction of sp³-hybridized carbons (Fsp3) is 0.750. The van der Waals surface area contributed by atoms with Gasteiger partial charge in [0.2, 0.25) is 0 Å². The molecule has 0 bridgehead atoms. The highest BCUT2D eigenvalue weighted by Gasteiger charge is 2.63. The van der Waals surface area contributed by atoms with Gasteiger partial charge in [-0.3, -0.25) is 0 Å². The number of carbonyl (C=O) groups is 1. The predicted octanol–water partition coefficient (Wildman–Crippen LogP) is 2.67. The molecule has 0 spiro atoms. The van der Waals surface area contributed by atoms with E-state index in [0.717, 1.165) is 25.7 Å². The second kappa shape index (κ2) is 5.66. The van der Waals surface area contributed by atoms with Crippen LogP contribution in [0, 0.1) is 5.92 Å². The molecule has 0 amide bonds. The first-order valence-electron chi connectivity index (χ1n) is 9.34. The zero-order valence-corrected chi connectivity index (χ0v) is 15.3. The van der Waals surface area contributed by atoms with Gasteiger partial charge in [0.25, 0.3) is 0 Å². The Kier molecular flexibility index (Phi) is 3.91. The summed E-state index contributed by atoms with van der Waals surface area (Å²) in [7, 11) is 0. The molecule has 0 aromatic rings. The smallest absolute Gasteiger partial charge is 0.334 e. The molecule has 4 rings (SSSR count). The van der Waals surface area contributed by atoms with Crippen molar-refractivity contribution < 1.29 is 24.1 Å². The number of allylic oxidation sites excluding steroid dienone is 2. The first-order valence-corrected chi connectivity index (χ1v) is 9.34. The first-order chi connectivity index (χ1) is 11.7. The summed E-state index contributed by atoms with van der Waals surface area (Å²) in [5.74, 6) is -0.616. The van der Waals surface area contributed by atoms with E-state index in [-0.39, 0.29) is 23.7 Å². The van der Waals surface area contributed by atoms with Crippen molar-refractivity contribution in [2.75, 3.05) is 0 Å². The molecule has 4 aliphatic rings. The SMILES string of the molecule is C=C1C(=O)OC2C1CC1OC1(C)CCC=C(C)CCC1OC1(C)C2O. The summed E-state index contributed by atoms with van der Waals surface area (Å²) >= 11 is 0. The highest BCUT2D eigenvalue weighted by Crippen LogP contribution is 2.51. The normalized spacial score (nSPS) is 49.9. The van der Waals surface area contributed by atoms with Gasteiger partial charge in [-0.1, -0.05) is 18.2 Å². The van der Waals surface area contributed by atoms with Crippen LogP contribution in [0.4, 0.5) is 0 Å². The van der Waals surface area contributed by atoms with E-state index in [1.54, 1.807) is 0 Å². The van der Waals surface area contributed by atoms with E-state index in [4.69, 9.17) is 14.2 Å². The highest BCUT2D eigenvalue weighted by atomic mass is 16.6. The number of esters is 1. The summed E-state index contributed by atoms with van der Waals surface area (Å²) < 4.78 is 17.3. The Hall–Kier alpha value is -1.17. The van der Waals surface area contributed by atoms with E-state index in [2.05, 4.69) is 26.5 Å². The Morgan fingerprint density at radius 3 is 2.80 bits per heavy atom. The van der Waals surface area contributed by atoms with Gasteiger partial charge in [0.15, 0.2) is 0 Å². The Balaban J connectivity index is 1.59. The molecule has 1 N–H and O–H groups in total. The van der Waals surface area contributed by atoms with Crippen molar-refractivity contribution in [1.82, 2.24) is 0 Å². The molecule has 5 nitrogen and oxygen atoms in total. The molecular weight excluding hydrogens is 320 g/mol. The van der Waals surface area contributed by atoms with Gasteiger partial charge in [-0.15, -0.1) is 0 Å². The van der Waals surface area contributed by atoms with Gasteiger partial charge in [0.1, 0.15) is 17.8 Å².